The van der Waals surface area contributed by atoms with Gasteiger partial charge in [0.15, 0.2) is 4.34 Å². The Balaban J connectivity index is 1.83. The molecule has 1 heterocycles. The molecule has 2 N–H and O–H groups in total. The van der Waals surface area contributed by atoms with Crippen LogP contribution in [0.2, 0.25) is 0 Å². The molecular formula is C11H15N5OS2. The van der Waals surface area contributed by atoms with E-state index in [9.17, 15) is 4.79 Å². The van der Waals surface area contributed by atoms with E-state index in [2.05, 4.69) is 26.9 Å². The number of nitriles is 1. The van der Waals surface area contributed by atoms with Crippen molar-refractivity contribution in [3.05, 3.63) is 0 Å². The van der Waals surface area contributed by atoms with Gasteiger partial charge in [0.2, 0.25) is 11.0 Å². The molecule has 0 radical (unpaired) electrons. The van der Waals surface area contributed by atoms with Crippen molar-refractivity contribution < 1.29 is 4.79 Å². The van der Waals surface area contributed by atoms with E-state index >= 15 is 0 Å². The van der Waals surface area contributed by atoms with E-state index < -0.39 is 5.54 Å². The smallest absolute Gasteiger partial charge is 0.231 e. The quantitative estimate of drug-likeness (QED) is 0.773. The molecule has 1 aliphatic rings. The Kier molecular flexibility index (Phi) is 4.27. The monoisotopic (exact) mass is 297 g/mol. The van der Waals surface area contributed by atoms with Crippen LogP contribution in [0.3, 0.4) is 0 Å². The molecule has 1 aromatic rings. The zero-order chi connectivity index (χ0) is 13.9. The highest BCUT2D eigenvalue weighted by atomic mass is 32.2. The SMILES string of the molecule is CNc1nnc(SCC(=O)N[C@](C)(C#N)C2CC2)s1. The minimum Gasteiger partial charge on any atom is -0.363 e. The number of thioether (sulfide) groups is 1. The molecule has 0 saturated heterocycles. The van der Waals surface area contributed by atoms with Gasteiger partial charge in [-0.1, -0.05) is 23.1 Å². The van der Waals surface area contributed by atoms with Gasteiger partial charge in [-0.05, 0) is 25.7 Å². The summed E-state index contributed by atoms with van der Waals surface area (Å²) in [5.74, 6) is 0.411. The first-order chi connectivity index (χ1) is 9.07. The zero-order valence-corrected chi connectivity index (χ0v) is 12.4. The summed E-state index contributed by atoms with van der Waals surface area (Å²) in [5, 5.41) is 23.4. The third-order valence-corrected chi connectivity index (χ3v) is 5.05. The van der Waals surface area contributed by atoms with Gasteiger partial charge in [-0.3, -0.25) is 4.79 Å². The van der Waals surface area contributed by atoms with E-state index in [-0.39, 0.29) is 11.7 Å². The lowest BCUT2D eigenvalue weighted by Gasteiger charge is -2.22. The predicted octanol–water partition coefficient (Wildman–Crippen LogP) is 1.48. The van der Waals surface area contributed by atoms with Gasteiger partial charge in [-0.2, -0.15) is 5.26 Å². The zero-order valence-electron chi connectivity index (χ0n) is 10.8. The predicted molar refractivity (Wildman–Crippen MR) is 75.1 cm³/mol. The fraction of sp³-hybridized carbons (Fsp3) is 0.636. The van der Waals surface area contributed by atoms with Crippen molar-refractivity contribution >= 4 is 34.1 Å². The van der Waals surface area contributed by atoms with E-state index in [1.807, 2.05) is 0 Å². The Bertz CT molecular complexity index is 507. The van der Waals surface area contributed by atoms with Gasteiger partial charge < -0.3 is 10.6 Å². The Morgan fingerprint density at radius 2 is 2.37 bits per heavy atom. The van der Waals surface area contributed by atoms with Crippen LogP contribution in [-0.4, -0.2) is 34.4 Å². The van der Waals surface area contributed by atoms with Crippen LogP contribution >= 0.6 is 23.1 Å². The molecule has 1 saturated carbocycles. The number of hydrogen-bond donors (Lipinski definition) is 2. The Hall–Kier alpha value is -1.33. The molecule has 1 atom stereocenters. The average molecular weight is 297 g/mol. The highest BCUT2D eigenvalue weighted by Crippen LogP contribution is 2.39. The van der Waals surface area contributed by atoms with Crippen LogP contribution < -0.4 is 10.6 Å². The van der Waals surface area contributed by atoms with Crippen LogP contribution in [0, 0.1) is 17.2 Å². The second-order valence-electron chi connectivity index (χ2n) is 4.55. The molecule has 0 bridgehead atoms. The molecule has 6 nitrogen and oxygen atoms in total. The van der Waals surface area contributed by atoms with Gasteiger partial charge in [0.05, 0.1) is 11.8 Å². The second-order valence-corrected chi connectivity index (χ2v) is 6.75. The summed E-state index contributed by atoms with van der Waals surface area (Å²) in [6.07, 6.45) is 2.03. The maximum absolute atomic E-state index is 11.9. The molecule has 1 fully saturated rings. The molecule has 1 aliphatic carbocycles. The first-order valence-electron chi connectivity index (χ1n) is 5.93. The molecule has 102 valence electrons. The third kappa shape index (κ3) is 3.58. The number of aromatic nitrogens is 2. The maximum Gasteiger partial charge on any atom is 0.231 e. The van der Waals surface area contributed by atoms with Crippen LogP contribution in [0.1, 0.15) is 19.8 Å². The number of anilines is 1. The standard InChI is InChI=1S/C11H15N5OS2/c1-11(6-12,7-3-4-7)14-8(17)5-18-10-16-15-9(13-2)19-10/h7H,3-5H2,1-2H3,(H,13,15)(H,14,17)/t11-/m1/s1. The van der Waals surface area contributed by atoms with Crippen LogP contribution in [0.25, 0.3) is 0 Å². The number of nitrogens with one attached hydrogen (secondary N) is 2. The second kappa shape index (κ2) is 5.75. The average Bonchev–Trinajstić information content (AvgIpc) is 3.16. The Morgan fingerprint density at radius 1 is 1.63 bits per heavy atom. The first-order valence-corrected chi connectivity index (χ1v) is 7.74. The van der Waals surface area contributed by atoms with Crippen molar-refractivity contribution in [1.82, 2.24) is 15.5 Å². The molecule has 2 rings (SSSR count). The van der Waals surface area contributed by atoms with Gasteiger partial charge in [-0.15, -0.1) is 10.2 Å². The topological polar surface area (TPSA) is 90.7 Å². The van der Waals surface area contributed by atoms with E-state index in [4.69, 9.17) is 5.26 Å². The van der Waals surface area contributed by atoms with E-state index in [0.717, 1.165) is 22.3 Å². The van der Waals surface area contributed by atoms with Crippen molar-refractivity contribution in [1.29, 1.82) is 5.26 Å². The van der Waals surface area contributed by atoms with Crippen molar-refractivity contribution in [2.75, 3.05) is 18.1 Å². The molecule has 0 aromatic carbocycles. The number of hydrogen-bond acceptors (Lipinski definition) is 7. The van der Waals surface area contributed by atoms with E-state index in [1.165, 1.54) is 23.1 Å². The summed E-state index contributed by atoms with van der Waals surface area (Å²) in [5.41, 5.74) is -0.727. The van der Waals surface area contributed by atoms with Crippen molar-refractivity contribution in [2.45, 2.75) is 29.6 Å². The molecule has 8 heteroatoms. The lowest BCUT2D eigenvalue weighted by Crippen LogP contribution is -2.47. The van der Waals surface area contributed by atoms with Gasteiger partial charge in [-0.25, -0.2) is 0 Å². The number of nitrogens with zero attached hydrogens (tertiary/aromatic N) is 3. The highest BCUT2D eigenvalue weighted by Gasteiger charge is 2.42. The molecule has 0 aliphatic heterocycles. The van der Waals surface area contributed by atoms with Gasteiger partial charge in [0, 0.05) is 7.05 Å². The summed E-state index contributed by atoms with van der Waals surface area (Å²) >= 11 is 2.73. The number of carbonyl (C=O) groups is 1. The number of rotatable bonds is 6. The fourth-order valence-electron chi connectivity index (χ4n) is 1.70. The normalized spacial score (nSPS) is 17.3. The minimum atomic E-state index is -0.727. The van der Waals surface area contributed by atoms with Crippen molar-refractivity contribution in [3.63, 3.8) is 0 Å². The van der Waals surface area contributed by atoms with Crippen LogP contribution in [0.4, 0.5) is 5.13 Å². The summed E-state index contributed by atoms with van der Waals surface area (Å²) in [6, 6.07) is 2.21. The summed E-state index contributed by atoms with van der Waals surface area (Å²) in [6.45, 7) is 1.79. The van der Waals surface area contributed by atoms with Crippen LogP contribution in [0.5, 0.6) is 0 Å². The fourth-order valence-corrected chi connectivity index (χ4v) is 3.21. The van der Waals surface area contributed by atoms with Crippen LogP contribution in [0.15, 0.2) is 4.34 Å². The Morgan fingerprint density at radius 3 is 2.89 bits per heavy atom. The van der Waals surface area contributed by atoms with Crippen molar-refractivity contribution in [3.8, 4) is 6.07 Å². The molecular weight excluding hydrogens is 282 g/mol. The molecule has 0 spiro atoms. The van der Waals surface area contributed by atoms with E-state index in [1.54, 1.807) is 14.0 Å². The Labute approximate surface area is 120 Å². The summed E-state index contributed by atoms with van der Waals surface area (Å²) in [7, 11) is 1.77. The van der Waals surface area contributed by atoms with Gasteiger partial charge in [0.25, 0.3) is 0 Å². The molecule has 1 aromatic heterocycles. The number of carbonyl (C=O) groups excluding carboxylic acids is 1. The third-order valence-electron chi connectivity index (χ3n) is 2.97. The van der Waals surface area contributed by atoms with Gasteiger partial charge in [0.1, 0.15) is 5.54 Å². The van der Waals surface area contributed by atoms with E-state index in [0.29, 0.717) is 5.92 Å². The minimum absolute atomic E-state index is 0.137. The van der Waals surface area contributed by atoms with Crippen LogP contribution in [-0.2, 0) is 4.79 Å². The maximum atomic E-state index is 11.9. The largest absolute Gasteiger partial charge is 0.363 e. The van der Waals surface area contributed by atoms with Crippen molar-refractivity contribution in [2.24, 2.45) is 5.92 Å². The first kappa shape index (κ1) is 14.1. The van der Waals surface area contributed by atoms with Gasteiger partial charge >= 0.3 is 0 Å². The molecule has 1 amide bonds. The molecule has 0 unspecified atom stereocenters. The number of amides is 1. The molecule has 19 heavy (non-hydrogen) atoms. The summed E-state index contributed by atoms with van der Waals surface area (Å²) < 4.78 is 0.740. The highest BCUT2D eigenvalue weighted by molar-refractivity contribution is 8.01. The lowest BCUT2D eigenvalue weighted by atomic mass is 9.98. The lowest BCUT2D eigenvalue weighted by molar-refractivity contribution is -0.119. The summed E-state index contributed by atoms with van der Waals surface area (Å²) in [4.78, 5) is 11.9.